The number of anilines is 1. The van der Waals surface area contributed by atoms with Gasteiger partial charge in [-0.25, -0.2) is 10.9 Å². The van der Waals surface area contributed by atoms with E-state index in [4.69, 9.17) is 0 Å². The first-order valence-electron chi connectivity index (χ1n) is 8.44. The Kier molecular flexibility index (Phi) is 3.92. The van der Waals surface area contributed by atoms with Crippen LogP contribution in [0.25, 0.3) is 0 Å². The van der Waals surface area contributed by atoms with Gasteiger partial charge in [0.2, 0.25) is 5.91 Å². The lowest BCUT2D eigenvalue weighted by Crippen LogP contribution is -2.33. The minimum Gasteiger partial charge on any atom is -0.326 e. The molecule has 0 saturated carbocycles. The van der Waals surface area contributed by atoms with Crippen molar-refractivity contribution in [1.82, 2.24) is 10.9 Å². The topological polar surface area (TPSA) is 73.0 Å². The molecule has 2 atom stereocenters. The van der Waals surface area contributed by atoms with E-state index in [1.54, 1.807) is 27.4 Å². The summed E-state index contributed by atoms with van der Waals surface area (Å²) in [5, 5.41) is 2.92. The van der Waals surface area contributed by atoms with E-state index in [-0.39, 0.29) is 11.8 Å². The third-order valence-electron chi connectivity index (χ3n) is 5.30. The minimum atomic E-state index is -3.04. The summed E-state index contributed by atoms with van der Waals surface area (Å²) in [7, 11) is 1.58. The Labute approximate surface area is 152 Å². The van der Waals surface area contributed by atoms with Crippen LogP contribution in [-0.4, -0.2) is 11.6 Å². The van der Waals surface area contributed by atoms with Gasteiger partial charge in [0.25, 0.3) is 5.66 Å². The van der Waals surface area contributed by atoms with Crippen LogP contribution in [-0.2, 0) is 10.5 Å². The van der Waals surface area contributed by atoms with Gasteiger partial charge >= 0.3 is 0 Å². The molecular weight excluding hydrogens is 355 g/mol. The molecule has 136 valence electrons. The van der Waals surface area contributed by atoms with Crippen LogP contribution >= 0.6 is 9.24 Å². The highest BCUT2D eigenvalue weighted by molar-refractivity contribution is 7.18. The van der Waals surface area contributed by atoms with Crippen molar-refractivity contribution in [3.63, 3.8) is 0 Å². The van der Waals surface area contributed by atoms with Gasteiger partial charge < -0.3 is 5.32 Å². The van der Waals surface area contributed by atoms with Gasteiger partial charge in [0, 0.05) is 18.0 Å². The molecule has 0 spiro atoms. The molecule has 2 aliphatic heterocycles. The van der Waals surface area contributed by atoms with Gasteiger partial charge in [0.15, 0.2) is 5.66 Å². The lowest BCUT2D eigenvalue weighted by atomic mass is 9.82. The number of carbonyl (C=O) groups is 1. The van der Waals surface area contributed by atoms with Gasteiger partial charge in [-0.15, -0.1) is 0 Å². The van der Waals surface area contributed by atoms with Crippen molar-refractivity contribution in [3.05, 3.63) is 64.2 Å². The van der Waals surface area contributed by atoms with Crippen LogP contribution in [0, 0.1) is 13.8 Å². The Bertz CT molecular complexity index is 906. The Hall–Kier alpha value is -1.88. The average molecular weight is 375 g/mol. The summed E-state index contributed by atoms with van der Waals surface area (Å²) in [6, 6.07) is 11.1. The number of benzene rings is 2. The van der Waals surface area contributed by atoms with Gasteiger partial charge in [-0.05, 0) is 47.7 Å². The van der Waals surface area contributed by atoms with Gasteiger partial charge in [0.05, 0.1) is 0 Å². The predicted molar refractivity (Wildman–Crippen MR) is 100 cm³/mol. The molecule has 1 amide bonds. The quantitative estimate of drug-likeness (QED) is 0.568. The van der Waals surface area contributed by atoms with Gasteiger partial charge in [-0.3, -0.25) is 4.79 Å². The van der Waals surface area contributed by atoms with Crippen LogP contribution < -0.4 is 16.2 Å². The minimum absolute atomic E-state index is 0.0649. The fourth-order valence-corrected chi connectivity index (χ4v) is 3.89. The normalized spacial score (nSPS) is 21.1. The molecule has 0 aliphatic carbocycles. The molecule has 1 fully saturated rings. The van der Waals surface area contributed by atoms with E-state index in [0.29, 0.717) is 12.0 Å². The first-order chi connectivity index (χ1) is 12.2. The lowest BCUT2D eigenvalue weighted by molar-refractivity contribution is -0.116. The van der Waals surface area contributed by atoms with Crippen molar-refractivity contribution < 1.29 is 13.6 Å². The number of hydrogen-bond acceptors (Lipinski definition) is 3. The molecule has 2 aliphatic rings. The van der Waals surface area contributed by atoms with Crippen LogP contribution in [0.5, 0.6) is 0 Å². The number of hydrazine groups is 1. The number of nitrogens with one attached hydrogen (secondary N) is 3. The molecule has 4 rings (SSSR count). The van der Waals surface area contributed by atoms with Crippen LogP contribution in [0.2, 0.25) is 0 Å². The van der Waals surface area contributed by atoms with Crippen LogP contribution in [0.15, 0.2) is 36.4 Å². The molecule has 0 aromatic heterocycles. The van der Waals surface area contributed by atoms with E-state index in [0.717, 1.165) is 27.9 Å². The Morgan fingerprint density at radius 2 is 1.85 bits per heavy atom. The Morgan fingerprint density at radius 3 is 2.50 bits per heavy atom. The van der Waals surface area contributed by atoms with Crippen molar-refractivity contribution in [3.8, 4) is 0 Å². The summed E-state index contributed by atoms with van der Waals surface area (Å²) < 4.78 is 28.0. The first-order valence-corrected chi connectivity index (χ1v) is 9.01. The summed E-state index contributed by atoms with van der Waals surface area (Å²) >= 11 is 0. The summed E-state index contributed by atoms with van der Waals surface area (Å²) in [5.74, 6) is -0.225. The summed E-state index contributed by atoms with van der Waals surface area (Å²) in [5.41, 5.74) is 5.91. The van der Waals surface area contributed by atoms with Crippen molar-refractivity contribution in [2.75, 3.05) is 5.32 Å². The number of fused-ring (bicyclic) bond motifs is 1. The van der Waals surface area contributed by atoms with E-state index in [2.05, 4.69) is 22.2 Å². The monoisotopic (exact) mass is 375 g/mol. The third kappa shape index (κ3) is 2.73. The maximum Gasteiger partial charge on any atom is 0.296 e. The van der Waals surface area contributed by atoms with Crippen LogP contribution in [0.4, 0.5) is 14.5 Å². The second-order valence-corrected chi connectivity index (χ2v) is 7.80. The molecule has 3 N–H and O–H groups in total. The maximum absolute atomic E-state index is 14.0. The highest BCUT2D eigenvalue weighted by Gasteiger charge is 2.61. The number of alkyl halides is 2. The largest absolute Gasteiger partial charge is 0.326 e. The Balaban J connectivity index is 1.79. The molecule has 1 saturated heterocycles. The van der Waals surface area contributed by atoms with E-state index in [1.807, 2.05) is 26.0 Å². The number of hydrogen-bond donors (Lipinski definition) is 3. The van der Waals surface area contributed by atoms with Gasteiger partial charge in [0.1, 0.15) is 0 Å². The van der Waals surface area contributed by atoms with Gasteiger partial charge in [-0.2, -0.15) is 8.78 Å². The molecule has 7 heteroatoms. The fraction of sp³-hybridized carbons (Fsp3) is 0.316. The van der Waals surface area contributed by atoms with E-state index < -0.39 is 11.3 Å². The standard InChI is InChI=1S/C19H20F2N3OP/c1-10-6-15-14(9-17(25)22-16(15)7-11(10)2)12-4-3-5-13(8-12)18(23-24-18)19(20,21)26/h3-8,14,23-24H,9,26H2,1-2H3,(H,22,25). The molecule has 2 unspecified atom stereocenters. The first kappa shape index (κ1) is 17.5. The molecule has 2 aromatic rings. The molecule has 26 heavy (non-hydrogen) atoms. The van der Waals surface area contributed by atoms with Crippen LogP contribution in [0.3, 0.4) is 0 Å². The summed E-state index contributed by atoms with van der Waals surface area (Å²) in [4.78, 5) is 12.2. The average Bonchev–Trinajstić information content (AvgIpc) is 3.37. The maximum atomic E-state index is 14.0. The zero-order valence-corrected chi connectivity index (χ0v) is 15.6. The SMILES string of the molecule is Cc1cc2c(cc1C)C(c1cccc(C3(C(F)(F)P)NN3)c1)CC(=O)N2. The van der Waals surface area contributed by atoms with Crippen molar-refractivity contribution in [2.24, 2.45) is 0 Å². The number of carbonyl (C=O) groups excluding carboxylic acids is 1. The fourth-order valence-electron chi connectivity index (χ4n) is 3.58. The highest BCUT2D eigenvalue weighted by atomic mass is 31.0. The van der Waals surface area contributed by atoms with E-state index >= 15 is 0 Å². The van der Waals surface area contributed by atoms with Crippen molar-refractivity contribution in [1.29, 1.82) is 0 Å². The van der Waals surface area contributed by atoms with Crippen molar-refractivity contribution in [2.45, 2.75) is 37.5 Å². The number of halogens is 2. The molecule has 4 nitrogen and oxygen atoms in total. The molecular formula is C19H20F2N3OP. The lowest BCUT2D eigenvalue weighted by Gasteiger charge is -2.28. The van der Waals surface area contributed by atoms with Crippen molar-refractivity contribution >= 4 is 20.8 Å². The smallest absolute Gasteiger partial charge is 0.296 e. The van der Waals surface area contributed by atoms with Gasteiger partial charge in [-0.1, -0.05) is 39.6 Å². The number of aryl methyl sites for hydroxylation is 2. The zero-order chi connectivity index (χ0) is 18.7. The second kappa shape index (κ2) is 5.81. The molecule has 0 radical (unpaired) electrons. The van der Waals surface area contributed by atoms with E-state index in [1.165, 1.54) is 0 Å². The molecule has 2 aromatic carbocycles. The van der Waals surface area contributed by atoms with E-state index in [9.17, 15) is 13.6 Å². The van der Waals surface area contributed by atoms with Crippen LogP contribution in [0.1, 0.15) is 40.2 Å². The summed E-state index contributed by atoms with van der Waals surface area (Å²) in [6.45, 7) is 4.03. The second-order valence-electron chi connectivity index (χ2n) is 7.08. The number of rotatable bonds is 3. The Morgan fingerprint density at radius 1 is 1.15 bits per heavy atom. The molecule has 2 heterocycles. The molecule has 0 bridgehead atoms. The predicted octanol–water partition coefficient (Wildman–Crippen LogP) is 3.51. The number of amides is 1. The summed E-state index contributed by atoms with van der Waals surface area (Å²) in [6.07, 6.45) is 0.296. The zero-order valence-electron chi connectivity index (χ0n) is 14.5. The third-order valence-corrected chi connectivity index (χ3v) is 5.73. The highest BCUT2D eigenvalue weighted by Crippen LogP contribution is 2.46.